The number of hydrogen-bond donors (Lipinski definition) is 0. The molecular formula is C7H14HgO2. The van der Waals surface area contributed by atoms with Crippen LogP contribution in [0, 0.1) is 5.41 Å². The molecule has 0 rings (SSSR count). The van der Waals surface area contributed by atoms with Crippen LogP contribution in [0.1, 0.15) is 27.7 Å². The van der Waals surface area contributed by atoms with E-state index in [1.165, 1.54) is 6.92 Å². The molecule has 0 spiro atoms. The van der Waals surface area contributed by atoms with Crippen molar-refractivity contribution in [1.82, 2.24) is 0 Å². The maximum absolute atomic E-state index is 10.4. The van der Waals surface area contributed by atoms with Crippen molar-refractivity contribution in [3.63, 3.8) is 0 Å². The molecule has 0 heterocycles. The van der Waals surface area contributed by atoms with Gasteiger partial charge in [0, 0.05) is 0 Å². The minimum absolute atomic E-state index is 0.0917. The summed E-state index contributed by atoms with van der Waals surface area (Å²) in [5, 5.41) is 0. The zero-order valence-corrected chi connectivity index (χ0v) is 12.7. The molecule has 0 aliphatic heterocycles. The summed E-state index contributed by atoms with van der Waals surface area (Å²) < 4.78 is 6.15. The molecule has 0 unspecified atom stereocenters. The van der Waals surface area contributed by atoms with Crippen molar-refractivity contribution < 1.29 is 32.5 Å². The van der Waals surface area contributed by atoms with Gasteiger partial charge in [-0.25, -0.2) is 0 Å². The summed E-state index contributed by atoms with van der Waals surface area (Å²) >= 11 is -1.27. The molecule has 0 saturated heterocycles. The van der Waals surface area contributed by atoms with E-state index < -0.39 is 25.0 Å². The summed E-state index contributed by atoms with van der Waals surface area (Å²) in [6.07, 6.45) is 0. The molecule has 0 radical (unpaired) electrons. The molecule has 2 nitrogen and oxygen atoms in total. The molecule has 0 atom stereocenters. The van der Waals surface area contributed by atoms with E-state index in [2.05, 4.69) is 20.8 Å². The summed E-state index contributed by atoms with van der Waals surface area (Å²) in [7, 11) is 0. The van der Waals surface area contributed by atoms with Gasteiger partial charge in [-0.3, -0.25) is 0 Å². The van der Waals surface area contributed by atoms with Crippen LogP contribution < -0.4 is 0 Å². The van der Waals surface area contributed by atoms with Gasteiger partial charge in [0.1, 0.15) is 0 Å². The van der Waals surface area contributed by atoms with E-state index in [0.717, 1.165) is 3.93 Å². The van der Waals surface area contributed by atoms with Crippen LogP contribution >= 0.6 is 0 Å². The fraction of sp³-hybridized carbons (Fsp3) is 0.857. The molecule has 0 aliphatic rings. The zero-order chi connectivity index (χ0) is 8.20. The Bertz CT molecular complexity index is 115. The first-order valence-electron chi connectivity index (χ1n) is 3.55. The summed E-state index contributed by atoms with van der Waals surface area (Å²) in [6.45, 7) is 8.02. The van der Waals surface area contributed by atoms with Gasteiger partial charge in [-0.05, 0) is 0 Å². The molecular weight excluding hydrogens is 317 g/mol. The molecule has 0 aromatic heterocycles. The molecule has 0 N–H and O–H groups in total. The molecule has 0 aromatic rings. The Morgan fingerprint density at radius 1 is 1.50 bits per heavy atom. The average molecular weight is 331 g/mol. The first kappa shape index (κ1) is 10.4. The number of hydrogen-bond acceptors (Lipinski definition) is 2. The molecule has 0 aromatic carbocycles. The van der Waals surface area contributed by atoms with Crippen molar-refractivity contribution in [2.24, 2.45) is 5.41 Å². The van der Waals surface area contributed by atoms with Gasteiger partial charge >= 0.3 is 75.5 Å². The third-order valence-electron chi connectivity index (χ3n) is 1.16. The number of carbonyl (C=O) groups excluding carboxylic acids is 1. The van der Waals surface area contributed by atoms with Crippen LogP contribution in [0.15, 0.2) is 0 Å². The van der Waals surface area contributed by atoms with Gasteiger partial charge < -0.3 is 0 Å². The fourth-order valence-corrected chi connectivity index (χ4v) is 4.40. The Hall–Kier alpha value is 0.405. The molecule has 0 aliphatic carbocycles. The molecule has 3 heteroatoms. The second kappa shape index (κ2) is 4.32. The second-order valence-corrected chi connectivity index (χ2v) is 8.30. The quantitative estimate of drug-likeness (QED) is 0.724. The predicted molar refractivity (Wildman–Crippen MR) is 36.0 cm³/mol. The van der Waals surface area contributed by atoms with Crippen LogP contribution in [0.25, 0.3) is 0 Å². The monoisotopic (exact) mass is 332 g/mol. The van der Waals surface area contributed by atoms with Gasteiger partial charge in [-0.1, -0.05) is 0 Å². The zero-order valence-electron chi connectivity index (χ0n) is 7.23. The Labute approximate surface area is 75.4 Å². The van der Waals surface area contributed by atoms with Gasteiger partial charge in [0.2, 0.25) is 0 Å². The molecule has 10 heavy (non-hydrogen) atoms. The summed E-state index contributed by atoms with van der Waals surface area (Å²) in [5.74, 6) is -0.0917. The van der Waals surface area contributed by atoms with Gasteiger partial charge in [0.15, 0.2) is 0 Å². The normalized spacial score (nSPS) is 10.4. The fourth-order valence-electron chi connectivity index (χ4n) is 0.501. The Morgan fingerprint density at radius 3 is 2.30 bits per heavy atom. The summed E-state index contributed by atoms with van der Waals surface area (Å²) in [4.78, 5) is 10.4. The topological polar surface area (TPSA) is 26.3 Å². The number of carbonyl (C=O) groups is 1. The first-order valence-corrected chi connectivity index (χ1v) is 9.68. The average Bonchev–Trinajstić information content (AvgIpc) is 1.59. The maximum atomic E-state index is 10.4. The van der Waals surface area contributed by atoms with Crippen molar-refractivity contribution in [3.05, 3.63) is 0 Å². The van der Waals surface area contributed by atoms with Crippen LogP contribution in [0.3, 0.4) is 0 Å². The molecule has 0 amide bonds. The van der Waals surface area contributed by atoms with E-state index in [0.29, 0.717) is 5.41 Å². The van der Waals surface area contributed by atoms with Gasteiger partial charge in [-0.2, -0.15) is 0 Å². The van der Waals surface area contributed by atoms with E-state index in [-0.39, 0.29) is 5.97 Å². The molecule has 56 valence electrons. The molecule has 0 saturated carbocycles. The van der Waals surface area contributed by atoms with Gasteiger partial charge in [0.25, 0.3) is 0 Å². The van der Waals surface area contributed by atoms with Crippen molar-refractivity contribution in [3.8, 4) is 0 Å². The minimum atomic E-state index is -1.27. The first-order chi connectivity index (χ1) is 4.42. The van der Waals surface area contributed by atoms with Crippen LogP contribution in [0.2, 0.25) is 3.93 Å². The predicted octanol–water partition coefficient (Wildman–Crippen LogP) is 2.01. The summed E-state index contributed by atoms with van der Waals surface area (Å²) in [6, 6.07) is 0. The van der Waals surface area contributed by atoms with Gasteiger partial charge in [0.05, 0.1) is 0 Å². The van der Waals surface area contributed by atoms with Crippen molar-refractivity contribution in [2.75, 3.05) is 0 Å². The van der Waals surface area contributed by atoms with E-state index in [1.807, 2.05) is 0 Å². The Kier molecular flexibility index (Phi) is 4.49. The molecule has 0 bridgehead atoms. The Balaban J connectivity index is 3.29. The number of rotatable bonds is 2. The Morgan fingerprint density at radius 2 is 2.00 bits per heavy atom. The van der Waals surface area contributed by atoms with E-state index in [9.17, 15) is 4.79 Å². The SMILES string of the molecule is CC(=O)[O][Hg][CH2]C(C)(C)C. The van der Waals surface area contributed by atoms with Crippen molar-refractivity contribution >= 4 is 5.97 Å². The van der Waals surface area contributed by atoms with E-state index in [1.54, 1.807) is 0 Å². The van der Waals surface area contributed by atoms with Crippen LogP contribution in [0.4, 0.5) is 0 Å². The van der Waals surface area contributed by atoms with Crippen LogP contribution in [0.5, 0.6) is 0 Å². The van der Waals surface area contributed by atoms with Crippen molar-refractivity contribution in [2.45, 2.75) is 31.6 Å². The van der Waals surface area contributed by atoms with Crippen LogP contribution in [-0.2, 0) is 32.5 Å². The summed E-state index contributed by atoms with van der Waals surface area (Å²) in [5.41, 5.74) is 0.358. The third kappa shape index (κ3) is 8.41. The van der Waals surface area contributed by atoms with Crippen LogP contribution in [-0.4, -0.2) is 5.97 Å². The third-order valence-corrected chi connectivity index (χ3v) is 10.2. The van der Waals surface area contributed by atoms with E-state index >= 15 is 0 Å². The van der Waals surface area contributed by atoms with Crippen molar-refractivity contribution in [1.29, 1.82) is 0 Å². The van der Waals surface area contributed by atoms with Gasteiger partial charge in [-0.15, -0.1) is 0 Å². The second-order valence-electron chi connectivity index (χ2n) is 3.65. The molecule has 0 fully saturated rings. The van der Waals surface area contributed by atoms with E-state index in [4.69, 9.17) is 2.64 Å². The standard InChI is InChI=1S/C5H11.C2H4O2.Hg/c1-5(2,3)4;1-2(3)4;/h1H2,2-4H3;1H3,(H,3,4);/q;;+1/p-1.